The molecule has 1 saturated carbocycles. The van der Waals surface area contributed by atoms with Crippen molar-refractivity contribution in [1.82, 2.24) is 0 Å². The molecule has 0 spiro atoms. The molecule has 0 radical (unpaired) electrons. The highest BCUT2D eigenvalue weighted by Gasteiger charge is 2.28. The predicted molar refractivity (Wildman–Crippen MR) is 105 cm³/mol. The maximum Gasteiger partial charge on any atom is 0.340 e. The van der Waals surface area contributed by atoms with Gasteiger partial charge in [-0.25, -0.2) is 26.7 Å². The van der Waals surface area contributed by atoms with E-state index in [9.17, 15) is 31.5 Å². The number of amides is 1. The molecule has 2 aromatic carbocycles. The maximum absolute atomic E-state index is 13.9. The average Bonchev–Trinajstić information content (AvgIpc) is 3.36. The lowest BCUT2D eigenvalue weighted by atomic mass is 10.1. The molecule has 0 bridgehead atoms. The molecule has 178 valence electrons. The summed E-state index contributed by atoms with van der Waals surface area (Å²) in [5, 5.41) is 2.61. The third-order valence-electron chi connectivity index (χ3n) is 5.38. The van der Waals surface area contributed by atoms with Crippen LogP contribution in [0.25, 0.3) is 0 Å². The third-order valence-corrected chi connectivity index (χ3v) is 5.38. The number of hydrogen-bond donors (Lipinski definition) is 1. The molecule has 1 fully saturated rings. The zero-order chi connectivity index (χ0) is 24.3. The SMILES string of the molecule is COc1cc(NC(=O)C2CCCC2)c(C(=O)OCc2c(F)c(F)c(F)c(F)c2F)cc1OC. The van der Waals surface area contributed by atoms with Crippen LogP contribution in [0.3, 0.4) is 0 Å². The number of esters is 1. The summed E-state index contributed by atoms with van der Waals surface area (Å²) in [7, 11) is 2.63. The first kappa shape index (κ1) is 24.3. The fraction of sp³-hybridized carbons (Fsp3) is 0.364. The van der Waals surface area contributed by atoms with Crippen molar-refractivity contribution in [2.45, 2.75) is 32.3 Å². The maximum atomic E-state index is 13.9. The zero-order valence-corrected chi connectivity index (χ0v) is 17.7. The van der Waals surface area contributed by atoms with E-state index in [0.717, 1.165) is 12.8 Å². The molecule has 11 heteroatoms. The van der Waals surface area contributed by atoms with E-state index in [0.29, 0.717) is 12.8 Å². The van der Waals surface area contributed by atoms with E-state index in [1.807, 2.05) is 0 Å². The Bertz CT molecular complexity index is 1060. The van der Waals surface area contributed by atoms with E-state index in [-0.39, 0.29) is 34.6 Å². The lowest BCUT2D eigenvalue weighted by molar-refractivity contribution is -0.119. The zero-order valence-electron chi connectivity index (χ0n) is 17.7. The van der Waals surface area contributed by atoms with E-state index in [2.05, 4.69) is 5.32 Å². The standard InChI is InChI=1S/C22H20F5NO5/c1-31-14-7-11(13(8-15(14)32-2)28-21(29)10-5-3-4-6-10)22(30)33-9-12-16(23)18(25)20(27)19(26)17(12)24/h7-8,10H,3-6,9H2,1-2H3,(H,28,29). The predicted octanol–water partition coefficient (Wildman–Crippen LogP) is 4.89. The molecule has 2 aromatic rings. The molecule has 1 amide bonds. The van der Waals surface area contributed by atoms with Crippen LogP contribution in [0, 0.1) is 35.0 Å². The van der Waals surface area contributed by atoms with Crippen molar-refractivity contribution in [2.24, 2.45) is 5.92 Å². The number of carbonyl (C=O) groups excluding carboxylic acids is 2. The normalized spacial score (nSPS) is 13.7. The second-order valence-electron chi connectivity index (χ2n) is 7.35. The molecule has 0 aromatic heterocycles. The topological polar surface area (TPSA) is 73.9 Å². The minimum atomic E-state index is -2.32. The minimum Gasteiger partial charge on any atom is -0.493 e. The Kier molecular flexibility index (Phi) is 7.39. The highest BCUT2D eigenvalue weighted by molar-refractivity contribution is 6.02. The molecule has 0 atom stereocenters. The van der Waals surface area contributed by atoms with Gasteiger partial charge in [-0.05, 0) is 12.8 Å². The summed E-state index contributed by atoms with van der Waals surface area (Å²) in [6, 6.07) is 2.48. The van der Waals surface area contributed by atoms with E-state index in [4.69, 9.17) is 14.2 Å². The van der Waals surface area contributed by atoms with E-state index in [1.54, 1.807) is 0 Å². The highest BCUT2D eigenvalue weighted by atomic mass is 19.2. The monoisotopic (exact) mass is 473 g/mol. The van der Waals surface area contributed by atoms with Crippen LogP contribution in [0.1, 0.15) is 41.6 Å². The number of hydrogen-bond acceptors (Lipinski definition) is 5. The molecule has 3 rings (SSSR count). The molecule has 6 nitrogen and oxygen atoms in total. The van der Waals surface area contributed by atoms with Gasteiger partial charge in [0.15, 0.2) is 34.8 Å². The van der Waals surface area contributed by atoms with Gasteiger partial charge in [0.05, 0.1) is 31.0 Å². The number of carbonyl (C=O) groups is 2. The molecule has 1 aliphatic rings. The van der Waals surface area contributed by atoms with Gasteiger partial charge in [0.25, 0.3) is 0 Å². The van der Waals surface area contributed by atoms with Crippen molar-refractivity contribution in [1.29, 1.82) is 0 Å². The van der Waals surface area contributed by atoms with Crippen molar-refractivity contribution < 1.29 is 45.8 Å². The van der Waals surface area contributed by atoms with E-state index in [1.165, 1.54) is 26.4 Å². The lowest BCUT2D eigenvalue weighted by Crippen LogP contribution is -2.22. The Hall–Kier alpha value is -3.37. The fourth-order valence-corrected chi connectivity index (χ4v) is 3.57. The van der Waals surface area contributed by atoms with Crippen molar-refractivity contribution in [3.05, 3.63) is 52.3 Å². The van der Waals surface area contributed by atoms with Gasteiger partial charge < -0.3 is 19.5 Å². The minimum absolute atomic E-state index is 0.0213. The number of anilines is 1. The average molecular weight is 473 g/mol. The summed E-state index contributed by atoms with van der Waals surface area (Å²) < 4.78 is 82.9. The Morgan fingerprint density at radius 3 is 1.94 bits per heavy atom. The number of halogens is 5. The van der Waals surface area contributed by atoms with Crippen molar-refractivity contribution in [2.75, 3.05) is 19.5 Å². The molecule has 33 heavy (non-hydrogen) atoms. The van der Waals surface area contributed by atoms with E-state index < -0.39 is 47.2 Å². The molecule has 1 N–H and O–H groups in total. The summed E-state index contributed by atoms with van der Waals surface area (Å²) in [6.07, 6.45) is 3.14. The summed E-state index contributed by atoms with van der Waals surface area (Å²) in [5.74, 6) is -12.4. The van der Waals surface area contributed by atoms with Gasteiger partial charge in [0.2, 0.25) is 11.7 Å². The third kappa shape index (κ3) is 4.86. The number of benzene rings is 2. The van der Waals surface area contributed by atoms with Crippen molar-refractivity contribution >= 4 is 17.6 Å². The van der Waals surface area contributed by atoms with Crippen LogP contribution >= 0.6 is 0 Å². The number of methoxy groups -OCH3 is 2. The van der Waals surface area contributed by atoms with Crippen LogP contribution in [-0.2, 0) is 16.1 Å². The van der Waals surface area contributed by atoms with Crippen LogP contribution in [-0.4, -0.2) is 26.1 Å². The van der Waals surface area contributed by atoms with E-state index >= 15 is 0 Å². The first-order valence-electron chi connectivity index (χ1n) is 9.93. The Labute approximate surface area is 185 Å². The number of rotatable bonds is 7. The first-order chi connectivity index (χ1) is 15.7. The smallest absolute Gasteiger partial charge is 0.340 e. The Morgan fingerprint density at radius 2 is 1.39 bits per heavy atom. The molecular weight excluding hydrogens is 453 g/mol. The van der Waals surface area contributed by atoms with Crippen molar-refractivity contribution in [3.8, 4) is 11.5 Å². The van der Waals surface area contributed by atoms with Crippen LogP contribution in [0.15, 0.2) is 12.1 Å². The van der Waals surface area contributed by atoms with Crippen LogP contribution in [0.4, 0.5) is 27.6 Å². The molecule has 0 saturated heterocycles. The molecular formula is C22H20F5NO5. The molecule has 0 unspecified atom stereocenters. The molecule has 1 aliphatic carbocycles. The number of nitrogens with one attached hydrogen (secondary N) is 1. The lowest BCUT2D eigenvalue weighted by Gasteiger charge is -2.17. The quantitative estimate of drug-likeness (QED) is 0.269. The summed E-state index contributed by atoms with van der Waals surface area (Å²) >= 11 is 0. The molecule has 0 aliphatic heterocycles. The van der Waals surface area contributed by atoms with Gasteiger partial charge in [0.1, 0.15) is 6.61 Å². The van der Waals surface area contributed by atoms with Crippen LogP contribution in [0.2, 0.25) is 0 Å². The van der Waals surface area contributed by atoms with Crippen LogP contribution in [0.5, 0.6) is 11.5 Å². The van der Waals surface area contributed by atoms with Gasteiger partial charge in [-0.2, -0.15) is 0 Å². The number of ether oxygens (including phenoxy) is 3. The van der Waals surface area contributed by atoms with Gasteiger partial charge in [-0.1, -0.05) is 12.8 Å². The van der Waals surface area contributed by atoms with Crippen molar-refractivity contribution in [3.63, 3.8) is 0 Å². The summed E-state index contributed by atoms with van der Waals surface area (Å²) in [6.45, 7) is -1.24. The summed E-state index contributed by atoms with van der Waals surface area (Å²) in [4.78, 5) is 25.3. The molecule has 0 heterocycles. The van der Waals surface area contributed by atoms with Gasteiger partial charge in [0, 0.05) is 18.1 Å². The van der Waals surface area contributed by atoms with Gasteiger partial charge in [-0.3, -0.25) is 4.79 Å². The first-order valence-corrected chi connectivity index (χ1v) is 9.93. The largest absolute Gasteiger partial charge is 0.493 e. The highest BCUT2D eigenvalue weighted by Crippen LogP contribution is 2.35. The van der Waals surface area contributed by atoms with Gasteiger partial charge >= 0.3 is 5.97 Å². The summed E-state index contributed by atoms with van der Waals surface area (Å²) in [5.41, 5.74) is -1.59. The fourth-order valence-electron chi connectivity index (χ4n) is 3.57. The second-order valence-corrected chi connectivity index (χ2v) is 7.35. The van der Waals surface area contributed by atoms with Crippen LogP contribution < -0.4 is 14.8 Å². The second kappa shape index (κ2) is 10.1. The Balaban J connectivity index is 1.91. The van der Waals surface area contributed by atoms with Gasteiger partial charge in [-0.15, -0.1) is 0 Å². The Morgan fingerprint density at radius 1 is 0.879 bits per heavy atom.